The van der Waals surface area contributed by atoms with Gasteiger partial charge in [-0.15, -0.1) is 0 Å². The summed E-state index contributed by atoms with van der Waals surface area (Å²) in [5.41, 5.74) is 2.85. The fourth-order valence-corrected chi connectivity index (χ4v) is 2.14. The average molecular weight is 250 g/mol. The Labute approximate surface area is 111 Å². The molecule has 1 aromatic carbocycles. The molecule has 0 amide bonds. The maximum absolute atomic E-state index is 4.51. The van der Waals surface area contributed by atoms with Gasteiger partial charge in [0.15, 0.2) is 0 Å². The van der Waals surface area contributed by atoms with Crippen LogP contribution in [0, 0.1) is 6.92 Å². The summed E-state index contributed by atoms with van der Waals surface area (Å²) in [7, 11) is 1.82. The predicted molar refractivity (Wildman–Crippen MR) is 77.1 cm³/mol. The molecule has 0 aliphatic carbocycles. The highest BCUT2D eigenvalue weighted by molar-refractivity contribution is 5.94. The van der Waals surface area contributed by atoms with E-state index in [2.05, 4.69) is 32.4 Å². The van der Waals surface area contributed by atoms with Crippen molar-refractivity contribution in [2.75, 3.05) is 12.4 Å². The quantitative estimate of drug-likeness (QED) is 0.759. The third kappa shape index (κ3) is 2.12. The number of aromatic nitrogens is 3. The number of rotatable bonds is 2. The van der Waals surface area contributed by atoms with Crippen molar-refractivity contribution in [3.05, 3.63) is 48.4 Å². The molecular formula is C15H14N4. The van der Waals surface area contributed by atoms with Crippen LogP contribution in [0.5, 0.6) is 0 Å². The second-order valence-electron chi connectivity index (χ2n) is 4.38. The number of fused-ring (bicyclic) bond motifs is 1. The maximum atomic E-state index is 4.51. The molecule has 4 nitrogen and oxygen atoms in total. The molecule has 0 aliphatic heterocycles. The molecule has 2 aromatic heterocycles. The largest absolute Gasteiger partial charge is 0.357 e. The Hall–Kier alpha value is -2.49. The molecule has 0 radical (unpaired) electrons. The van der Waals surface area contributed by atoms with Crippen LogP contribution in [0.2, 0.25) is 0 Å². The number of pyridine rings is 1. The van der Waals surface area contributed by atoms with Gasteiger partial charge in [-0.05, 0) is 18.4 Å². The van der Waals surface area contributed by atoms with E-state index in [0.29, 0.717) is 5.95 Å². The van der Waals surface area contributed by atoms with Gasteiger partial charge in [-0.25, -0.2) is 9.97 Å². The normalized spacial score (nSPS) is 10.6. The van der Waals surface area contributed by atoms with E-state index in [1.165, 1.54) is 0 Å². The van der Waals surface area contributed by atoms with Gasteiger partial charge in [-0.2, -0.15) is 0 Å². The van der Waals surface area contributed by atoms with Crippen LogP contribution >= 0.6 is 0 Å². The monoisotopic (exact) mass is 250 g/mol. The average Bonchev–Trinajstić information content (AvgIpc) is 2.46. The van der Waals surface area contributed by atoms with Crippen LogP contribution in [-0.2, 0) is 0 Å². The van der Waals surface area contributed by atoms with Crippen molar-refractivity contribution >= 4 is 16.7 Å². The van der Waals surface area contributed by atoms with Crippen molar-refractivity contribution in [1.29, 1.82) is 0 Å². The van der Waals surface area contributed by atoms with Gasteiger partial charge in [0.1, 0.15) is 0 Å². The van der Waals surface area contributed by atoms with Crippen LogP contribution < -0.4 is 5.32 Å². The minimum atomic E-state index is 0.628. The Balaban J connectivity index is 2.27. The molecule has 2 heterocycles. The lowest BCUT2D eigenvalue weighted by Crippen LogP contribution is -1.99. The molecule has 0 aliphatic rings. The minimum Gasteiger partial charge on any atom is -0.357 e. The lowest BCUT2D eigenvalue weighted by atomic mass is 10.1. The van der Waals surface area contributed by atoms with Crippen LogP contribution in [0.4, 0.5) is 5.95 Å². The predicted octanol–water partition coefficient (Wildman–Crippen LogP) is 3.04. The standard InChI is InChI=1S/C15H14N4/c1-10-7-14(19-15(16-2)18-10)13-9-17-8-11-5-3-4-6-12(11)13/h3-9H,1-2H3,(H,16,18,19). The number of hydrogen-bond acceptors (Lipinski definition) is 4. The summed E-state index contributed by atoms with van der Waals surface area (Å²) in [6.45, 7) is 1.96. The molecule has 0 saturated heterocycles. The van der Waals surface area contributed by atoms with Gasteiger partial charge in [0, 0.05) is 36.1 Å². The first-order valence-corrected chi connectivity index (χ1v) is 6.14. The van der Waals surface area contributed by atoms with Gasteiger partial charge in [0.2, 0.25) is 5.95 Å². The summed E-state index contributed by atoms with van der Waals surface area (Å²) in [4.78, 5) is 13.1. The summed E-state index contributed by atoms with van der Waals surface area (Å²) >= 11 is 0. The van der Waals surface area contributed by atoms with Crippen molar-refractivity contribution < 1.29 is 0 Å². The molecule has 19 heavy (non-hydrogen) atoms. The number of benzene rings is 1. The second-order valence-corrected chi connectivity index (χ2v) is 4.38. The Morgan fingerprint density at radius 3 is 2.74 bits per heavy atom. The Bertz CT molecular complexity index is 732. The Morgan fingerprint density at radius 2 is 1.89 bits per heavy atom. The molecule has 1 N–H and O–H groups in total. The number of aryl methyl sites for hydroxylation is 1. The Kier molecular flexibility index (Phi) is 2.83. The maximum Gasteiger partial charge on any atom is 0.223 e. The summed E-state index contributed by atoms with van der Waals surface area (Å²) in [6.07, 6.45) is 3.72. The van der Waals surface area contributed by atoms with E-state index in [0.717, 1.165) is 27.7 Å². The molecule has 3 aromatic rings. The van der Waals surface area contributed by atoms with E-state index in [1.807, 2.05) is 44.6 Å². The number of anilines is 1. The van der Waals surface area contributed by atoms with Gasteiger partial charge in [-0.3, -0.25) is 4.98 Å². The van der Waals surface area contributed by atoms with Crippen molar-refractivity contribution in [3.8, 4) is 11.3 Å². The van der Waals surface area contributed by atoms with Gasteiger partial charge in [0.25, 0.3) is 0 Å². The van der Waals surface area contributed by atoms with E-state index < -0.39 is 0 Å². The smallest absolute Gasteiger partial charge is 0.223 e. The fourth-order valence-electron chi connectivity index (χ4n) is 2.14. The molecule has 0 saturated carbocycles. The van der Waals surface area contributed by atoms with E-state index in [4.69, 9.17) is 0 Å². The first-order chi connectivity index (χ1) is 9.28. The van der Waals surface area contributed by atoms with Crippen molar-refractivity contribution in [1.82, 2.24) is 15.0 Å². The molecular weight excluding hydrogens is 236 g/mol. The first kappa shape index (κ1) is 11.6. The van der Waals surface area contributed by atoms with Crippen LogP contribution in [0.15, 0.2) is 42.7 Å². The van der Waals surface area contributed by atoms with Gasteiger partial charge < -0.3 is 5.32 Å². The third-order valence-electron chi connectivity index (χ3n) is 3.02. The van der Waals surface area contributed by atoms with Gasteiger partial charge >= 0.3 is 0 Å². The van der Waals surface area contributed by atoms with Gasteiger partial charge in [0.05, 0.1) is 5.69 Å². The number of nitrogens with one attached hydrogen (secondary N) is 1. The third-order valence-corrected chi connectivity index (χ3v) is 3.02. The van der Waals surface area contributed by atoms with E-state index in [1.54, 1.807) is 0 Å². The zero-order valence-electron chi connectivity index (χ0n) is 10.9. The topological polar surface area (TPSA) is 50.7 Å². The summed E-state index contributed by atoms with van der Waals surface area (Å²) < 4.78 is 0. The van der Waals surface area contributed by atoms with E-state index >= 15 is 0 Å². The lowest BCUT2D eigenvalue weighted by Gasteiger charge is -2.08. The molecule has 4 heteroatoms. The van der Waals surface area contributed by atoms with Crippen molar-refractivity contribution in [3.63, 3.8) is 0 Å². The highest BCUT2D eigenvalue weighted by Gasteiger charge is 2.07. The number of hydrogen-bond donors (Lipinski definition) is 1. The summed E-state index contributed by atoms with van der Waals surface area (Å²) in [5, 5.41) is 5.25. The molecule has 0 atom stereocenters. The van der Waals surface area contributed by atoms with E-state index in [-0.39, 0.29) is 0 Å². The molecule has 0 spiro atoms. The molecule has 3 rings (SSSR count). The Morgan fingerprint density at radius 1 is 1.05 bits per heavy atom. The summed E-state index contributed by atoms with van der Waals surface area (Å²) in [6, 6.07) is 10.2. The lowest BCUT2D eigenvalue weighted by molar-refractivity contribution is 1.10. The number of nitrogens with zero attached hydrogens (tertiary/aromatic N) is 3. The molecule has 0 fully saturated rings. The van der Waals surface area contributed by atoms with E-state index in [9.17, 15) is 0 Å². The van der Waals surface area contributed by atoms with Crippen LogP contribution in [0.25, 0.3) is 22.0 Å². The van der Waals surface area contributed by atoms with Crippen molar-refractivity contribution in [2.24, 2.45) is 0 Å². The fraction of sp³-hybridized carbons (Fsp3) is 0.133. The molecule has 94 valence electrons. The van der Waals surface area contributed by atoms with Gasteiger partial charge in [-0.1, -0.05) is 24.3 Å². The first-order valence-electron chi connectivity index (χ1n) is 6.14. The van der Waals surface area contributed by atoms with Crippen molar-refractivity contribution in [2.45, 2.75) is 6.92 Å². The zero-order valence-corrected chi connectivity index (χ0v) is 10.9. The second kappa shape index (κ2) is 4.65. The highest BCUT2D eigenvalue weighted by atomic mass is 15.1. The van der Waals surface area contributed by atoms with Crippen LogP contribution in [0.1, 0.15) is 5.69 Å². The SMILES string of the molecule is CNc1nc(C)cc(-c2cncc3ccccc23)n1. The van der Waals surface area contributed by atoms with Crippen LogP contribution in [-0.4, -0.2) is 22.0 Å². The molecule has 0 bridgehead atoms. The summed E-state index contributed by atoms with van der Waals surface area (Å²) in [5.74, 6) is 0.628. The minimum absolute atomic E-state index is 0.628. The highest BCUT2D eigenvalue weighted by Crippen LogP contribution is 2.26. The van der Waals surface area contributed by atoms with Crippen LogP contribution in [0.3, 0.4) is 0 Å². The molecule has 0 unspecified atom stereocenters. The zero-order chi connectivity index (χ0) is 13.2.